The molecule has 0 amide bonds. The Morgan fingerprint density at radius 3 is 2.10 bits per heavy atom. The highest BCUT2D eigenvalue weighted by Gasteiger charge is 2.35. The topological polar surface area (TPSA) is 41.6 Å². The first kappa shape index (κ1) is 6.97. The first-order chi connectivity index (χ1) is 4.50. The third kappa shape index (κ3) is 1.23. The van der Waals surface area contributed by atoms with Crippen LogP contribution in [0.15, 0.2) is 0 Å². The van der Waals surface area contributed by atoms with E-state index in [-0.39, 0.29) is 0 Å². The molecule has 1 rings (SSSR count). The highest BCUT2D eigenvalue weighted by molar-refractivity contribution is 4.86. The minimum Gasteiger partial charge on any atom is -0.253 e. The second-order valence-corrected chi connectivity index (χ2v) is 1.45. The Hall–Kier alpha value is -1.14. The standard InChI is InChI=1S/C3HF4N3/c4-2-8-1(9-10-2)3(5,6)7/h(H,8,9,10). The van der Waals surface area contributed by atoms with Crippen LogP contribution in [0.5, 0.6) is 0 Å². The summed E-state index contributed by atoms with van der Waals surface area (Å²) >= 11 is 0. The van der Waals surface area contributed by atoms with Gasteiger partial charge in [0.15, 0.2) is 0 Å². The number of H-pyrrole nitrogens is 1. The van der Waals surface area contributed by atoms with Crippen molar-refractivity contribution in [2.45, 2.75) is 6.18 Å². The van der Waals surface area contributed by atoms with E-state index in [1.165, 1.54) is 5.10 Å². The zero-order valence-corrected chi connectivity index (χ0v) is 4.41. The van der Waals surface area contributed by atoms with Crippen molar-refractivity contribution < 1.29 is 17.6 Å². The smallest absolute Gasteiger partial charge is 0.253 e. The highest BCUT2D eigenvalue weighted by Crippen LogP contribution is 2.25. The van der Waals surface area contributed by atoms with Gasteiger partial charge in [-0.2, -0.15) is 22.5 Å². The maximum atomic E-state index is 11.7. The SMILES string of the molecule is Fc1n[nH]c(C(F)(F)F)n1. The fourth-order valence-electron chi connectivity index (χ4n) is 0.368. The van der Waals surface area contributed by atoms with E-state index in [2.05, 4.69) is 10.1 Å². The van der Waals surface area contributed by atoms with Crippen LogP contribution in [0.3, 0.4) is 0 Å². The van der Waals surface area contributed by atoms with Gasteiger partial charge >= 0.3 is 12.3 Å². The van der Waals surface area contributed by atoms with E-state index in [4.69, 9.17) is 0 Å². The van der Waals surface area contributed by atoms with Crippen molar-refractivity contribution in [2.75, 3.05) is 0 Å². The van der Waals surface area contributed by atoms with E-state index in [0.717, 1.165) is 0 Å². The van der Waals surface area contributed by atoms with Gasteiger partial charge in [-0.05, 0) is 0 Å². The van der Waals surface area contributed by atoms with Crippen LogP contribution in [0.1, 0.15) is 5.82 Å². The average molecular weight is 155 g/mol. The molecule has 0 aliphatic heterocycles. The molecule has 0 saturated heterocycles. The predicted octanol–water partition coefficient (Wildman–Crippen LogP) is 0.963. The molecule has 3 nitrogen and oxygen atoms in total. The van der Waals surface area contributed by atoms with Crippen molar-refractivity contribution in [1.29, 1.82) is 0 Å². The summed E-state index contributed by atoms with van der Waals surface area (Å²) in [6, 6.07) is 0. The summed E-state index contributed by atoms with van der Waals surface area (Å²) in [5, 5.41) is 3.94. The molecular weight excluding hydrogens is 154 g/mol. The number of rotatable bonds is 0. The van der Waals surface area contributed by atoms with Crippen molar-refractivity contribution >= 4 is 0 Å². The van der Waals surface area contributed by atoms with Gasteiger partial charge in [-0.15, -0.1) is 5.10 Å². The number of nitrogens with one attached hydrogen (secondary N) is 1. The van der Waals surface area contributed by atoms with Gasteiger partial charge in [0, 0.05) is 0 Å². The second-order valence-electron chi connectivity index (χ2n) is 1.45. The zero-order valence-electron chi connectivity index (χ0n) is 4.41. The van der Waals surface area contributed by atoms with E-state index in [1.807, 2.05) is 0 Å². The van der Waals surface area contributed by atoms with Crippen LogP contribution >= 0.6 is 0 Å². The number of hydrogen-bond donors (Lipinski definition) is 1. The first-order valence-electron chi connectivity index (χ1n) is 2.15. The van der Waals surface area contributed by atoms with Crippen molar-refractivity contribution in [2.24, 2.45) is 0 Å². The summed E-state index contributed by atoms with van der Waals surface area (Å²) in [5.41, 5.74) is 0. The quantitative estimate of drug-likeness (QED) is 0.567. The average Bonchev–Trinajstić information content (AvgIpc) is 2.11. The second kappa shape index (κ2) is 1.93. The predicted molar refractivity (Wildman–Crippen MR) is 21.3 cm³/mol. The zero-order chi connectivity index (χ0) is 7.78. The largest absolute Gasteiger partial charge is 0.451 e. The van der Waals surface area contributed by atoms with E-state index in [9.17, 15) is 17.6 Å². The lowest BCUT2D eigenvalue weighted by Crippen LogP contribution is -2.07. The van der Waals surface area contributed by atoms with Crippen molar-refractivity contribution in [1.82, 2.24) is 15.2 Å². The van der Waals surface area contributed by atoms with Crippen LogP contribution in [0.25, 0.3) is 0 Å². The summed E-state index contributed by atoms with van der Waals surface area (Å²) in [5.74, 6) is -1.43. The fraction of sp³-hybridized carbons (Fsp3) is 0.333. The van der Waals surface area contributed by atoms with Gasteiger partial charge in [-0.25, -0.2) is 0 Å². The number of alkyl halides is 3. The summed E-state index contributed by atoms with van der Waals surface area (Å²) < 4.78 is 46.2. The van der Waals surface area contributed by atoms with E-state index >= 15 is 0 Å². The molecule has 0 saturated carbocycles. The van der Waals surface area contributed by atoms with Crippen LogP contribution in [0.2, 0.25) is 0 Å². The summed E-state index contributed by atoms with van der Waals surface area (Å²) in [4.78, 5) is 2.42. The Labute approximate surface area is 52.1 Å². The lowest BCUT2D eigenvalue weighted by atomic mass is 10.6. The molecule has 1 N–H and O–H groups in total. The molecule has 0 aliphatic rings. The van der Waals surface area contributed by atoms with Gasteiger partial charge in [-0.3, -0.25) is 5.10 Å². The molecule has 0 bridgehead atoms. The monoisotopic (exact) mass is 155 g/mol. The van der Waals surface area contributed by atoms with Gasteiger partial charge in [-0.1, -0.05) is 0 Å². The third-order valence-corrected chi connectivity index (χ3v) is 0.727. The van der Waals surface area contributed by atoms with Crippen LogP contribution in [-0.2, 0) is 6.18 Å². The maximum absolute atomic E-state index is 11.7. The molecular formula is C3HF4N3. The Bertz CT molecular complexity index is 226. The Balaban J connectivity index is 2.96. The molecule has 0 unspecified atom stereocenters. The highest BCUT2D eigenvalue weighted by atomic mass is 19.4. The molecule has 0 spiro atoms. The molecule has 0 radical (unpaired) electrons. The van der Waals surface area contributed by atoms with Gasteiger partial charge in [0.1, 0.15) is 0 Å². The molecule has 1 heterocycles. The minimum absolute atomic E-state index is 1.38. The number of aromatic amines is 1. The molecule has 0 atom stereocenters. The Morgan fingerprint density at radius 2 is 1.90 bits per heavy atom. The minimum atomic E-state index is -4.66. The molecule has 7 heteroatoms. The summed E-state index contributed by atoms with van der Waals surface area (Å²) in [6.45, 7) is 0. The lowest BCUT2D eigenvalue weighted by Gasteiger charge is -1.97. The maximum Gasteiger partial charge on any atom is 0.451 e. The number of nitrogens with zero attached hydrogens (tertiary/aromatic N) is 2. The van der Waals surface area contributed by atoms with Gasteiger partial charge in [0.25, 0.3) is 0 Å². The molecule has 56 valence electrons. The van der Waals surface area contributed by atoms with Gasteiger partial charge in [0.2, 0.25) is 5.82 Å². The Kier molecular flexibility index (Phi) is 1.34. The third-order valence-electron chi connectivity index (χ3n) is 0.727. The molecule has 10 heavy (non-hydrogen) atoms. The van der Waals surface area contributed by atoms with E-state index in [1.54, 1.807) is 0 Å². The molecule has 0 fully saturated rings. The van der Waals surface area contributed by atoms with E-state index in [0.29, 0.717) is 0 Å². The number of hydrogen-bond acceptors (Lipinski definition) is 2. The van der Waals surface area contributed by atoms with Crippen LogP contribution < -0.4 is 0 Å². The van der Waals surface area contributed by atoms with Crippen LogP contribution in [-0.4, -0.2) is 15.2 Å². The normalized spacial score (nSPS) is 12.0. The number of halogens is 4. The van der Waals surface area contributed by atoms with Crippen LogP contribution in [0.4, 0.5) is 17.6 Å². The molecule has 0 aromatic carbocycles. The fourth-order valence-corrected chi connectivity index (χ4v) is 0.368. The van der Waals surface area contributed by atoms with Crippen molar-refractivity contribution in [3.8, 4) is 0 Å². The van der Waals surface area contributed by atoms with Crippen molar-refractivity contribution in [3.05, 3.63) is 11.9 Å². The van der Waals surface area contributed by atoms with Gasteiger partial charge in [0.05, 0.1) is 0 Å². The molecule has 1 aromatic rings. The number of aromatic nitrogens is 3. The van der Waals surface area contributed by atoms with Crippen LogP contribution in [0, 0.1) is 6.08 Å². The molecule has 0 aliphatic carbocycles. The first-order valence-corrected chi connectivity index (χ1v) is 2.15. The summed E-state index contributed by atoms with van der Waals surface area (Å²) in [6.07, 6.45) is -6.07. The van der Waals surface area contributed by atoms with E-state index < -0.39 is 18.1 Å². The molecule has 1 aromatic heterocycles. The summed E-state index contributed by atoms with van der Waals surface area (Å²) in [7, 11) is 0. The lowest BCUT2D eigenvalue weighted by molar-refractivity contribution is -0.144. The Morgan fingerprint density at radius 1 is 1.30 bits per heavy atom. The van der Waals surface area contributed by atoms with Crippen molar-refractivity contribution in [3.63, 3.8) is 0 Å². The van der Waals surface area contributed by atoms with Gasteiger partial charge < -0.3 is 0 Å².